The van der Waals surface area contributed by atoms with E-state index in [1.54, 1.807) is 12.3 Å². The first kappa shape index (κ1) is 15.5. The van der Waals surface area contributed by atoms with E-state index in [-0.39, 0.29) is 0 Å². The van der Waals surface area contributed by atoms with E-state index in [1.807, 2.05) is 65.3 Å². The molecular formula is C19H15ClN4O. The van der Waals surface area contributed by atoms with Gasteiger partial charge in [-0.05, 0) is 36.4 Å². The zero-order chi connectivity index (χ0) is 17.1. The topological polar surface area (TPSA) is 51.5 Å². The molecule has 1 N–H and O–H groups in total. The lowest BCUT2D eigenvalue weighted by Crippen LogP contribution is -2.01. The minimum absolute atomic E-state index is 0.537. The Morgan fingerprint density at radius 1 is 1.08 bits per heavy atom. The molecule has 0 saturated heterocycles. The van der Waals surface area contributed by atoms with Gasteiger partial charge in [-0.3, -0.25) is 4.40 Å². The standard InChI is InChI=1S/C19H15ClN4O/c20-14-7-8-18(25-16-5-2-1-3-6-16)17(11-14)22-12-15-13-24-10-4-9-21-19(24)23-15/h1-11,13,22H,12H2. The molecule has 2 aromatic heterocycles. The molecule has 0 bridgehead atoms. The van der Waals surface area contributed by atoms with E-state index in [9.17, 15) is 0 Å². The maximum absolute atomic E-state index is 6.14. The molecule has 25 heavy (non-hydrogen) atoms. The van der Waals surface area contributed by atoms with Gasteiger partial charge < -0.3 is 10.1 Å². The van der Waals surface area contributed by atoms with Crippen molar-refractivity contribution in [3.8, 4) is 11.5 Å². The summed E-state index contributed by atoms with van der Waals surface area (Å²) in [6.07, 6.45) is 5.59. The maximum Gasteiger partial charge on any atom is 0.233 e. The number of ether oxygens (including phenoxy) is 1. The Morgan fingerprint density at radius 3 is 2.80 bits per heavy atom. The number of fused-ring (bicyclic) bond motifs is 1. The van der Waals surface area contributed by atoms with Crippen LogP contribution in [0.25, 0.3) is 5.78 Å². The van der Waals surface area contributed by atoms with E-state index < -0.39 is 0 Å². The van der Waals surface area contributed by atoms with E-state index in [4.69, 9.17) is 16.3 Å². The Kier molecular flexibility index (Phi) is 4.23. The molecule has 0 spiro atoms. The third-order valence-electron chi connectivity index (χ3n) is 3.66. The second kappa shape index (κ2) is 6.83. The molecule has 0 radical (unpaired) electrons. The molecule has 2 heterocycles. The van der Waals surface area contributed by atoms with E-state index in [1.165, 1.54) is 0 Å². The molecule has 0 atom stereocenters. The lowest BCUT2D eigenvalue weighted by atomic mass is 10.2. The minimum atomic E-state index is 0.537. The van der Waals surface area contributed by atoms with Crippen molar-refractivity contribution >= 4 is 23.1 Å². The van der Waals surface area contributed by atoms with Crippen molar-refractivity contribution in [2.24, 2.45) is 0 Å². The third kappa shape index (κ3) is 3.56. The predicted octanol–water partition coefficient (Wildman–Crippen LogP) is 4.79. The predicted molar refractivity (Wildman–Crippen MR) is 98.3 cm³/mol. The first-order valence-electron chi connectivity index (χ1n) is 7.83. The van der Waals surface area contributed by atoms with Crippen molar-refractivity contribution in [3.63, 3.8) is 0 Å². The van der Waals surface area contributed by atoms with Crippen LogP contribution in [0.5, 0.6) is 11.5 Å². The van der Waals surface area contributed by atoms with E-state index >= 15 is 0 Å². The lowest BCUT2D eigenvalue weighted by Gasteiger charge is -2.13. The number of rotatable bonds is 5. The molecule has 0 amide bonds. The van der Waals surface area contributed by atoms with Gasteiger partial charge in [-0.15, -0.1) is 0 Å². The molecular weight excluding hydrogens is 336 g/mol. The van der Waals surface area contributed by atoms with Gasteiger partial charge in [-0.25, -0.2) is 9.97 Å². The van der Waals surface area contributed by atoms with Crippen LogP contribution in [-0.2, 0) is 6.54 Å². The molecule has 0 aliphatic rings. The van der Waals surface area contributed by atoms with Crippen LogP contribution in [-0.4, -0.2) is 14.4 Å². The molecule has 0 aliphatic carbocycles. The Hall–Kier alpha value is -3.05. The maximum atomic E-state index is 6.14. The monoisotopic (exact) mass is 350 g/mol. The van der Waals surface area contributed by atoms with E-state index in [2.05, 4.69) is 15.3 Å². The van der Waals surface area contributed by atoms with Crippen molar-refractivity contribution in [2.45, 2.75) is 6.54 Å². The fourth-order valence-corrected chi connectivity index (χ4v) is 2.67. The van der Waals surface area contributed by atoms with Crippen molar-refractivity contribution < 1.29 is 4.74 Å². The lowest BCUT2D eigenvalue weighted by molar-refractivity contribution is 0.484. The normalized spacial score (nSPS) is 10.8. The number of halogens is 1. The summed E-state index contributed by atoms with van der Waals surface area (Å²) >= 11 is 6.14. The summed E-state index contributed by atoms with van der Waals surface area (Å²) < 4.78 is 7.84. The Labute approximate surface area is 149 Å². The van der Waals surface area contributed by atoms with Crippen molar-refractivity contribution in [1.29, 1.82) is 0 Å². The van der Waals surface area contributed by atoms with E-state index in [0.29, 0.717) is 23.1 Å². The first-order valence-corrected chi connectivity index (χ1v) is 8.21. The van der Waals surface area contributed by atoms with Gasteiger partial charge in [-0.2, -0.15) is 0 Å². The second-order valence-electron chi connectivity index (χ2n) is 5.47. The van der Waals surface area contributed by atoms with Crippen LogP contribution in [0.4, 0.5) is 5.69 Å². The number of para-hydroxylation sites is 1. The molecule has 5 nitrogen and oxygen atoms in total. The average Bonchev–Trinajstić information content (AvgIpc) is 3.06. The van der Waals surface area contributed by atoms with Crippen LogP contribution >= 0.6 is 11.6 Å². The summed E-state index contributed by atoms with van der Waals surface area (Å²) in [5, 5.41) is 3.98. The minimum Gasteiger partial charge on any atom is -0.455 e. The number of anilines is 1. The van der Waals surface area contributed by atoms with Gasteiger partial charge in [-0.1, -0.05) is 29.8 Å². The quantitative estimate of drug-likeness (QED) is 0.562. The summed E-state index contributed by atoms with van der Waals surface area (Å²) in [6, 6.07) is 17.0. The SMILES string of the molecule is Clc1ccc(Oc2ccccc2)c(NCc2cn3cccnc3n2)c1. The molecule has 0 unspecified atom stereocenters. The number of nitrogens with one attached hydrogen (secondary N) is 1. The Balaban J connectivity index is 1.55. The van der Waals surface area contributed by atoms with Gasteiger partial charge in [0.15, 0.2) is 5.75 Å². The van der Waals surface area contributed by atoms with E-state index in [0.717, 1.165) is 17.1 Å². The third-order valence-corrected chi connectivity index (χ3v) is 3.89. The first-order chi connectivity index (χ1) is 12.3. The highest BCUT2D eigenvalue weighted by atomic mass is 35.5. The van der Waals surface area contributed by atoms with Gasteiger partial charge >= 0.3 is 0 Å². The Morgan fingerprint density at radius 2 is 1.96 bits per heavy atom. The summed E-state index contributed by atoms with van der Waals surface area (Å²) in [6.45, 7) is 0.537. The smallest absolute Gasteiger partial charge is 0.233 e. The highest BCUT2D eigenvalue weighted by Gasteiger charge is 2.08. The zero-order valence-corrected chi connectivity index (χ0v) is 14.0. The summed E-state index contributed by atoms with van der Waals surface area (Å²) in [5.41, 5.74) is 1.69. The van der Waals surface area contributed by atoms with Gasteiger partial charge in [0.25, 0.3) is 0 Å². The molecule has 4 aromatic rings. The van der Waals surface area contributed by atoms with Gasteiger partial charge in [0.1, 0.15) is 5.75 Å². The summed E-state index contributed by atoms with van der Waals surface area (Å²) in [7, 11) is 0. The van der Waals surface area contributed by atoms with Crippen LogP contribution in [0, 0.1) is 0 Å². The molecule has 4 rings (SSSR count). The largest absolute Gasteiger partial charge is 0.455 e. The van der Waals surface area contributed by atoms with Gasteiger partial charge in [0.2, 0.25) is 5.78 Å². The van der Waals surface area contributed by atoms with Gasteiger partial charge in [0.05, 0.1) is 17.9 Å². The van der Waals surface area contributed by atoms with Crippen LogP contribution in [0.1, 0.15) is 5.69 Å². The van der Waals surface area contributed by atoms with Crippen LogP contribution < -0.4 is 10.1 Å². The van der Waals surface area contributed by atoms with Crippen LogP contribution in [0.2, 0.25) is 5.02 Å². The molecule has 0 aliphatic heterocycles. The highest BCUT2D eigenvalue weighted by Crippen LogP contribution is 2.32. The van der Waals surface area contributed by atoms with Crippen molar-refractivity contribution in [3.05, 3.63) is 83.9 Å². The number of hydrogen-bond donors (Lipinski definition) is 1. The summed E-state index contributed by atoms with van der Waals surface area (Å²) in [4.78, 5) is 8.70. The molecule has 2 aromatic carbocycles. The fraction of sp³-hybridized carbons (Fsp3) is 0.0526. The fourth-order valence-electron chi connectivity index (χ4n) is 2.50. The molecule has 124 valence electrons. The number of imidazole rings is 1. The number of benzene rings is 2. The Bertz CT molecular complexity index is 968. The van der Waals surface area contributed by atoms with Crippen molar-refractivity contribution in [1.82, 2.24) is 14.4 Å². The van der Waals surface area contributed by atoms with Crippen molar-refractivity contribution in [2.75, 3.05) is 5.32 Å². The number of nitrogens with zero attached hydrogens (tertiary/aromatic N) is 3. The molecule has 6 heteroatoms. The van der Waals surface area contributed by atoms with Crippen LogP contribution in [0.3, 0.4) is 0 Å². The van der Waals surface area contributed by atoms with Gasteiger partial charge in [0, 0.05) is 23.6 Å². The zero-order valence-electron chi connectivity index (χ0n) is 13.3. The molecule has 0 saturated carbocycles. The summed E-state index contributed by atoms with van der Waals surface area (Å²) in [5.74, 6) is 2.15. The highest BCUT2D eigenvalue weighted by molar-refractivity contribution is 6.30. The number of aromatic nitrogens is 3. The number of hydrogen-bond acceptors (Lipinski definition) is 4. The average molecular weight is 351 g/mol. The van der Waals surface area contributed by atoms with Crippen LogP contribution in [0.15, 0.2) is 73.2 Å². The molecule has 0 fully saturated rings. The second-order valence-corrected chi connectivity index (χ2v) is 5.90.